The Kier molecular flexibility index (Phi) is 5.05. The van der Waals surface area contributed by atoms with E-state index in [9.17, 15) is 0 Å². The number of rotatable bonds is 4. The second kappa shape index (κ2) is 7.59. The SMILES string of the molecule is COc1ccccc1NC(N)=NCc1ccc2c(c1)OCCCO2. The average molecular weight is 327 g/mol. The van der Waals surface area contributed by atoms with Gasteiger partial charge in [-0.25, -0.2) is 4.99 Å². The molecule has 3 rings (SSSR count). The molecule has 0 amide bonds. The van der Waals surface area contributed by atoms with Crippen LogP contribution in [0, 0.1) is 0 Å². The Bertz CT molecular complexity index is 731. The molecule has 6 nitrogen and oxygen atoms in total. The number of benzene rings is 2. The van der Waals surface area contributed by atoms with Gasteiger partial charge in [-0.05, 0) is 29.8 Å². The van der Waals surface area contributed by atoms with E-state index < -0.39 is 0 Å². The maximum Gasteiger partial charge on any atom is 0.193 e. The summed E-state index contributed by atoms with van der Waals surface area (Å²) in [5.74, 6) is 2.58. The number of ether oxygens (including phenoxy) is 3. The molecule has 0 aliphatic carbocycles. The summed E-state index contributed by atoms with van der Waals surface area (Å²) in [5, 5.41) is 3.05. The first-order chi connectivity index (χ1) is 11.8. The fraction of sp³-hybridized carbons (Fsp3) is 0.278. The maximum absolute atomic E-state index is 5.97. The molecular weight excluding hydrogens is 306 g/mol. The predicted molar refractivity (Wildman–Crippen MR) is 94.0 cm³/mol. The Balaban J connectivity index is 1.67. The standard InChI is InChI=1S/C18H21N3O3/c1-22-15-6-3-2-5-14(15)21-18(19)20-12-13-7-8-16-17(11-13)24-10-4-9-23-16/h2-3,5-8,11H,4,9-10,12H2,1H3,(H3,19,20,21). The Labute approximate surface area is 141 Å². The molecule has 24 heavy (non-hydrogen) atoms. The predicted octanol–water partition coefficient (Wildman–Crippen LogP) is 2.78. The van der Waals surface area contributed by atoms with Crippen molar-refractivity contribution in [1.29, 1.82) is 0 Å². The molecule has 0 unspecified atom stereocenters. The summed E-state index contributed by atoms with van der Waals surface area (Å²) >= 11 is 0. The molecule has 2 aromatic rings. The smallest absolute Gasteiger partial charge is 0.193 e. The number of nitrogens with zero attached hydrogens (tertiary/aromatic N) is 1. The third-order valence-corrected chi connectivity index (χ3v) is 3.61. The van der Waals surface area contributed by atoms with Crippen LogP contribution in [0.5, 0.6) is 17.2 Å². The number of fused-ring (bicyclic) bond motifs is 1. The molecule has 0 atom stereocenters. The highest BCUT2D eigenvalue weighted by Crippen LogP contribution is 2.30. The first-order valence-electron chi connectivity index (χ1n) is 7.85. The zero-order chi connectivity index (χ0) is 16.8. The molecule has 1 aliphatic rings. The Morgan fingerprint density at radius 1 is 1.17 bits per heavy atom. The van der Waals surface area contributed by atoms with E-state index in [-0.39, 0.29) is 0 Å². The number of para-hydroxylation sites is 2. The minimum absolute atomic E-state index is 0.326. The number of hydrogen-bond acceptors (Lipinski definition) is 4. The number of guanidine groups is 1. The second-order valence-corrected chi connectivity index (χ2v) is 5.36. The topological polar surface area (TPSA) is 78.1 Å². The first kappa shape index (κ1) is 16.0. The summed E-state index contributed by atoms with van der Waals surface area (Å²) < 4.78 is 16.6. The highest BCUT2D eigenvalue weighted by atomic mass is 16.5. The van der Waals surface area contributed by atoms with Gasteiger partial charge in [-0.2, -0.15) is 0 Å². The van der Waals surface area contributed by atoms with Crippen molar-refractivity contribution in [3.8, 4) is 17.2 Å². The molecule has 126 valence electrons. The summed E-state index contributed by atoms with van der Waals surface area (Å²) in [6.07, 6.45) is 0.887. The van der Waals surface area contributed by atoms with Gasteiger partial charge in [0.15, 0.2) is 17.5 Å². The van der Waals surface area contributed by atoms with Crippen molar-refractivity contribution in [1.82, 2.24) is 0 Å². The molecule has 1 aliphatic heterocycles. The molecule has 0 bridgehead atoms. The highest BCUT2D eigenvalue weighted by molar-refractivity contribution is 5.93. The van der Waals surface area contributed by atoms with E-state index in [2.05, 4.69) is 10.3 Å². The number of anilines is 1. The van der Waals surface area contributed by atoms with E-state index in [1.54, 1.807) is 7.11 Å². The normalized spacial score (nSPS) is 14.0. The van der Waals surface area contributed by atoms with Gasteiger partial charge in [0.25, 0.3) is 0 Å². The Morgan fingerprint density at radius 2 is 1.96 bits per heavy atom. The highest BCUT2D eigenvalue weighted by Gasteiger charge is 2.10. The van der Waals surface area contributed by atoms with E-state index in [0.29, 0.717) is 31.5 Å². The van der Waals surface area contributed by atoms with Crippen molar-refractivity contribution in [2.75, 3.05) is 25.6 Å². The van der Waals surface area contributed by atoms with Gasteiger partial charge < -0.3 is 25.3 Å². The first-order valence-corrected chi connectivity index (χ1v) is 7.85. The number of nitrogens with two attached hydrogens (primary N) is 1. The fourth-order valence-corrected chi connectivity index (χ4v) is 2.41. The van der Waals surface area contributed by atoms with Gasteiger partial charge in [0, 0.05) is 6.42 Å². The quantitative estimate of drug-likeness (QED) is 0.667. The molecule has 2 aromatic carbocycles. The van der Waals surface area contributed by atoms with Gasteiger partial charge >= 0.3 is 0 Å². The molecule has 6 heteroatoms. The third-order valence-electron chi connectivity index (χ3n) is 3.61. The van der Waals surface area contributed by atoms with Crippen molar-refractivity contribution >= 4 is 11.6 Å². The van der Waals surface area contributed by atoms with Crippen molar-refractivity contribution in [2.24, 2.45) is 10.7 Å². The van der Waals surface area contributed by atoms with Crippen LogP contribution in [0.2, 0.25) is 0 Å². The van der Waals surface area contributed by atoms with Crippen molar-refractivity contribution in [3.05, 3.63) is 48.0 Å². The van der Waals surface area contributed by atoms with E-state index in [0.717, 1.165) is 29.2 Å². The van der Waals surface area contributed by atoms with Crippen LogP contribution in [-0.4, -0.2) is 26.3 Å². The van der Waals surface area contributed by atoms with Gasteiger partial charge in [0.1, 0.15) is 5.75 Å². The lowest BCUT2D eigenvalue weighted by molar-refractivity contribution is 0.297. The van der Waals surface area contributed by atoms with E-state index >= 15 is 0 Å². The fourth-order valence-electron chi connectivity index (χ4n) is 2.41. The van der Waals surface area contributed by atoms with Crippen LogP contribution in [0.3, 0.4) is 0 Å². The molecule has 0 saturated carbocycles. The molecule has 0 fully saturated rings. The minimum atomic E-state index is 0.326. The van der Waals surface area contributed by atoms with Crippen LogP contribution in [0.15, 0.2) is 47.5 Å². The molecule has 0 spiro atoms. The average Bonchev–Trinajstić information content (AvgIpc) is 2.85. The van der Waals surface area contributed by atoms with Gasteiger partial charge in [-0.3, -0.25) is 0 Å². The van der Waals surface area contributed by atoms with Crippen LogP contribution < -0.4 is 25.3 Å². The molecule has 1 heterocycles. The van der Waals surface area contributed by atoms with Gasteiger partial charge in [-0.15, -0.1) is 0 Å². The lowest BCUT2D eigenvalue weighted by Crippen LogP contribution is -2.22. The summed E-state index contributed by atoms with van der Waals surface area (Å²) in [6, 6.07) is 13.4. The second-order valence-electron chi connectivity index (χ2n) is 5.36. The van der Waals surface area contributed by atoms with E-state index in [1.165, 1.54) is 0 Å². The number of aliphatic imine (C=N–C) groups is 1. The molecule has 0 saturated heterocycles. The van der Waals surface area contributed by atoms with Crippen LogP contribution >= 0.6 is 0 Å². The van der Waals surface area contributed by atoms with Crippen LogP contribution in [0.1, 0.15) is 12.0 Å². The molecular formula is C18H21N3O3. The van der Waals surface area contributed by atoms with E-state index in [1.807, 2.05) is 42.5 Å². The lowest BCUT2D eigenvalue weighted by Gasteiger charge is -2.11. The summed E-state index contributed by atoms with van der Waals surface area (Å²) in [5.41, 5.74) is 7.75. The number of hydrogen-bond donors (Lipinski definition) is 2. The van der Waals surface area contributed by atoms with Gasteiger partial charge in [-0.1, -0.05) is 18.2 Å². The van der Waals surface area contributed by atoms with Crippen LogP contribution in [0.25, 0.3) is 0 Å². The van der Waals surface area contributed by atoms with Crippen LogP contribution in [-0.2, 0) is 6.54 Å². The monoisotopic (exact) mass is 327 g/mol. The summed E-state index contributed by atoms with van der Waals surface area (Å²) in [7, 11) is 1.62. The van der Waals surface area contributed by atoms with Crippen molar-refractivity contribution in [2.45, 2.75) is 13.0 Å². The zero-order valence-electron chi connectivity index (χ0n) is 13.6. The molecule has 0 aromatic heterocycles. The largest absolute Gasteiger partial charge is 0.495 e. The number of nitrogens with one attached hydrogen (secondary N) is 1. The summed E-state index contributed by atoms with van der Waals surface area (Å²) in [4.78, 5) is 4.37. The van der Waals surface area contributed by atoms with E-state index in [4.69, 9.17) is 19.9 Å². The van der Waals surface area contributed by atoms with Crippen molar-refractivity contribution < 1.29 is 14.2 Å². The van der Waals surface area contributed by atoms with Crippen molar-refractivity contribution in [3.63, 3.8) is 0 Å². The molecule has 0 radical (unpaired) electrons. The number of methoxy groups -OCH3 is 1. The van der Waals surface area contributed by atoms with Gasteiger partial charge in [0.05, 0.1) is 32.6 Å². The van der Waals surface area contributed by atoms with Gasteiger partial charge in [0.2, 0.25) is 0 Å². The summed E-state index contributed by atoms with van der Waals surface area (Å²) in [6.45, 7) is 1.79. The lowest BCUT2D eigenvalue weighted by atomic mass is 10.2. The zero-order valence-corrected chi connectivity index (χ0v) is 13.6. The Morgan fingerprint density at radius 3 is 2.79 bits per heavy atom. The minimum Gasteiger partial charge on any atom is -0.495 e. The molecule has 3 N–H and O–H groups in total. The maximum atomic E-state index is 5.97. The Hall–Kier alpha value is -2.89. The third kappa shape index (κ3) is 3.90. The van der Waals surface area contributed by atoms with Crippen LogP contribution in [0.4, 0.5) is 5.69 Å².